The maximum absolute atomic E-state index is 11.7. The summed E-state index contributed by atoms with van der Waals surface area (Å²) in [5.41, 5.74) is 0.624. The lowest BCUT2D eigenvalue weighted by Crippen LogP contribution is -2.45. The molecule has 7 heteroatoms. The van der Waals surface area contributed by atoms with Crippen molar-refractivity contribution >= 4 is 29.5 Å². The predicted octanol–water partition coefficient (Wildman–Crippen LogP) is 2.19. The molecule has 6 nitrogen and oxygen atoms in total. The minimum absolute atomic E-state index is 0.0266. The van der Waals surface area contributed by atoms with Gasteiger partial charge in [0.25, 0.3) is 5.91 Å². The predicted molar refractivity (Wildman–Crippen MR) is 85.0 cm³/mol. The molecule has 1 aromatic rings. The Morgan fingerprint density at radius 1 is 1.17 bits per heavy atom. The summed E-state index contributed by atoms with van der Waals surface area (Å²) in [4.78, 5) is 34.8. The van der Waals surface area contributed by atoms with E-state index in [0.717, 1.165) is 25.7 Å². The van der Waals surface area contributed by atoms with Crippen LogP contribution in [0.4, 0.5) is 4.79 Å². The number of amides is 3. The number of urea groups is 1. The van der Waals surface area contributed by atoms with E-state index in [1.165, 1.54) is 0 Å². The summed E-state index contributed by atoms with van der Waals surface area (Å²) in [5, 5.41) is 5.32. The summed E-state index contributed by atoms with van der Waals surface area (Å²) < 4.78 is 4.84. The van der Waals surface area contributed by atoms with Crippen molar-refractivity contribution in [3.63, 3.8) is 0 Å². The maximum Gasteiger partial charge on any atom is 0.321 e. The lowest BCUT2D eigenvalue weighted by atomic mass is 10.1. The van der Waals surface area contributed by atoms with Crippen molar-refractivity contribution < 1.29 is 19.1 Å². The summed E-state index contributed by atoms with van der Waals surface area (Å²) in [6.07, 6.45) is 3.99. The van der Waals surface area contributed by atoms with Gasteiger partial charge in [-0.2, -0.15) is 0 Å². The van der Waals surface area contributed by atoms with Crippen molar-refractivity contribution in [2.75, 3.05) is 6.61 Å². The van der Waals surface area contributed by atoms with Gasteiger partial charge in [-0.3, -0.25) is 14.9 Å². The molecule has 23 heavy (non-hydrogen) atoms. The zero-order valence-corrected chi connectivity index (χ0v) is 13.4. The van der Waals surface area contributed by atoms with Gasteiger partial charge in [-0.25, -0.2) is 4.79 Å². The topological polar surface area (TPSA) is 84.5 Å². The quantitative estimate of drug-likeness (QED) is 0.806. The Bertz CT molecular complexity index is 585. The molecule has 1 aliphatic carbocycles. The van der Waals surface area contributed by atoms with Crippen LogP contribution in [-0.2, 0) is 20.7 Å². The van der Waals surface area contributed by atoms with Crippen molar-refractivity contribution in [1.29, 1.82) is 0 Å². The molecule has 1 fully saturated rings. The van der Waals surface area contributed by atoms with E-state index in [0.29, 0.717) is 10.6 Å². The molecule has 1 aromatic carbocycles. The molecule has 2 rings (SSSR count). The molecule has 1 aliphatic rings. The van der Waals surface area contributed by atoms with Crippen molar-refractivity contribution in [2.45, 2.75) is 38.1 Å². The fourth-order valence-corrected chi connectivity index (χ4v) is 2.65. The van der Waals surface area contributed by atoms with E-state index in [9.17, 15) is 14.4 Å². The standard InChI is InChI=1S/C16H19ClN2O4/c17-13-8-4-1-5-11(13)9-15(21)23-10-14(20)19-16(22)18-12-6-2-3-7-12/h1,4-5,8,12H,2-3,6-7,9-10H2,(H2,18,19,20,22). The molecule has 3 amide bonds. The smallest absolute Gasteiger partial charge is 0.321 e. The summed E-state index contributed by atoms with van der Waals surface area (Å²) in [7, 11) is 0. The number of carbonyl (C=O) groups is 3. The molecule has 0 unspecified atom stereocenters. The number of hydrogen-bond donors (Lipinski definition) is 2. The number of esters is 1. The van der Waals surface area contributed by atoms with Crippen LogP contribution in [-0.4, -0.2) is 30.6 Å². The van der Waals surface area contributed by atoms with Gasteiger partial charge in [0.05, 0.1) is 6.42 Å². The number of imide groups is 1. The Labute approximate surface area is 139 Å². The monoisotopic (exact) mass is 338 g/mol. The third-order valence-electron chi connectivity index (χ3n) is 3.60. The van der Waals surface area contributed by atoms with Crippen molar-refractivity contribution in [3.05, 3.63) is 34.9 Å². The van der Waals surface area contributed by atoms with Crippen LogP contribution < -0.4 is 10.6 Å². The van der Waals surface area contributed by atoms with Crippen LogP contribution >= 0.6 is 11.6 Å². The fraction of sp³-hybridized carbons (Fsp3) is 0.438. The average molecular weight is 339 g/mol. The van der Waals surface area contributed by atoms with Crippen LogP contribution in [0.1, 0.15) is 31.2 Å². The highest BCUT2D eigenvalue weighted by Crippen LogP contribution is 2.17. The summed E-state index contributed by atoms with van der Waals surface area (Å²) in [6.45, 7) is -0.499. The number of rotatable bonds is 5. The number of carbonyl (C=O) groups excluding carboxylic acids is 3. The van der Waals surface area contributed by atoms with Crippen LogP contribution in [0, 0.1) is 0 Å². The SMILES string of the molecule is O=C(COC(=O)Cc1ccccc1Cl)NC(=O)NC1CCCC1. The van der Waals surface area contributed by atoms with Crippen molar-refractivity contribution in [2.24, 2.45) is 0 Å². The highest BCUT2D eigenvalue weighted by Gasteiger charge is 2.18. The third kappa shape index (κ3) is 5.90. The largest absolute Gasteiger partial charge is 0.455 e. The minimum Gasteiger partial charge on any atom is -0.455 e. The van der Waals surface area contributed by atoms with Crippen LogP contribution in [0.5, 0.6) is 0 Å². The lowest BCUT2D eigenvalue weighted by molar-refractivity contribution is -0.147. The molecule has 0 radical (unpaired) electrons. The fourth-order valence-electron chi connectivity index (χ4n) is 2.45. The first kappa shape index (κ1) is 17.3. The van der Waals surface area contributed by atoms with Gasteiger partial charge >= 0.3 is 12.0 Å². The van der Waals surface area contributed by atoms with Gasteiger partial charge in [-0.15, -0.1) is 0 Å². The third-order valence-corrected chi connectivity index (χ3v) is 3.97. The molecule has 0 atom stereocenters. The Kier molecular flexibility index (Phi) is 6.40. The number of benzene rings is 1. The van der Waals surface area contributed by atoms with Gasteiger partial charge in [-0.1, -0.05) is 42.6 Å². The van der Waals surface area contributed by atoms with E-state index in [1.54, 1.807) is 24.3 Å². The molecule has 124 valence electrons. The second-order valence-corrected chi connectivity index (χ2v) is 5.84. The normalized spacial score (nSPS) is 14.3. The lowest BCUT2D eigenvalue weighted by Gasteiger charge is -2.12. The first-order valence-corrected chi connectivity index (χ1v) is 7.92. The average Bonchev–Trinajstić information content (AvgIpc) is 3.00. The Morgan fingerprint density at radius 2 is 1.87 bits per heavy atom. The molecule has 0 saturated heterocycles. The van der Waals surface area contributed by atoms with Crippen molar-refractivity contribution in [3.8, 4) is 0 Å². The Balaban J connectivity index is 1.68. The molecule has 0 spiro atoms. The van der Waals surface area contributed by atoms with Crippen LogP contribution in [0.3, 0.4) is 0 Å². The summed E-state index contributed by atoms with van der Waals surface area (Å²) >= 11 is 5.94. The van der Waals surface area contributed by atoms with Gasteiger partial charge < -0.3 is 10.1 Å². The molecule has 0 heterocycles. The number of hydrogen-bond acceptors (Lipinski definition) is 4. The minimum atomic E-state index is -0.659. The Morgan fingerprint density at radius 3 is 2.57 bits per heavy atom. The number of nitrogens with one attached hydrogen (secondary N) is 2. The van der Waals surface area contributed by atoms with E-state index in [4.69, 9.17) is 16.3 Å². The van der Waals surface area contributed by atoms with E-state index in [2.05, 4.69) is 10.6 Å². The van der Waals surface area contributed by atoms with E-state index >= 15 is 0 Å². The highest BCUT2D eigenvalue weighted by atomic mass is 35.5. The second kappa shape index (κ2) is 8.53. The molecule has 1 saturated carbocycles. The number of halogens is 1. The molecule has 0 aromatic heterocycles. The summed E-state index contributed by atoms with van der Waals surface area (Å²) in [5.74, 6) is -1.24. The summed E-state index contributed by atoms with van der Waals surface area (Å²) in [6, 6.07) is 6.46. The Hall–Kier alpha value is -2.08. The highest BCUT2D eigenvalue weighted by molar-refractivity contribution is 6.31. The van der Waals surface area contributed by atoms with Gasteiger partial charge in [0, 0.05) is 11.1 Å². The second-order valence-electron chi connectivity index (χ2n) is 5.43. The van der Waals surface area contributed by atoms with Crippen molar-refractivity contribution in [1.82, 2.24) is 10.6 Å². The molecular weight excluding hydrogens is 320 g/mol. The van der Waals surface area contributed by atoms with Gasteiger partial charge in [0.2, 0.25) is 0 Å². The first-order valence-electron chi connectivity index (χ1n) is 7.54. The van der Waals surface area contributed by atoms with E-state index < -0.39 is 24.5 Å². The molecule has 2 N–H and O–H groups in total. The van der Waals surface area contributed by atoms with Crippen LogP contribution in [0.2, 0.25) is 5.02 Å². The molecule has 0 bridgehead atoms. The number of ether oxygens (including phenoxy) is 1. The molecule has 0 aliphatic heterocycles. The van der Waals surface area contributed by atoms with E-state index in [-0.39, 0.29) is 12.5 Å². The zero-order chi connectivity index (χ0) is 16.7. The first-order chi connectivity index (χ1) is 11.0. The maximum atomic E-state index is 11.7. The van der Waals surface area contributed by atoms with Gasteiger partial charge in [0.1, 0.15) is 0 Å². The zero-order valence-electron chi connectivity index (χ0n) is 12.6. The van der Waals surface area contributed by atoms with E-state index in [1.807, 2.05) is 0 Å². The van der Waals surface area contributed by atoms with Gasteiger partial charge in [-0.05, 0) is 24.5 Å². The van der Waals surface area contributed by atoms with Crippen LogP contribution in [0.15, 0.2) is 24.3 Å². The molecular formula is C16H19ClN2O4. The van der Waals surface area contributed by atoms with Gasteiger partial charge in [0.15, 0.2) is 6.61 Å². The van der Waals surface area contributed by atoms with Crippen LogP contribution in [0.25, 0.3) is 0 Å².